The summed E-state index contributed by atoms with van der Waals surface area (Å²) in [6.45, 7) is 20.3. The SMILES string of the molecule is C.CC[C@H]1OC(=O)[C@H](C)[C@@H](O[C@H]2C[C@@](C)(OC)[C@@H](OC(C)=O)[C@H](C)O2)[C@H](C)[C@@H](O[C@@H]2O[C@H](C)C[C@H](N(C)C)[C@H]2OC(C)=O)[C@](C)(O)C[C@@H](C)C(=NOC(C)=O)[C@H](C)[C@@H](O)[C@]1(C)O. The molecule has 3 N–H and O–H groups in total. The van der Waals surface area contributed by atoms with Crippen LogP contribution in [0.1, 0.15) is 123 Å². The average molecular weight is 891 g/mol. The molecule has 0 aromatic rings. The number of aliphatic hydroxyl groups is 3. The number of esters is 3. The summed E-state index contributed by atoms with van der Waals surface area (Å²) in [4.78, 5) is 58.2. The number of nitrogens with zero attached hydrogens (tertiary/aromatic N) is 2. The second-order valence-corrected chi connectivity index (χ2v) is 18.3. The second-order valence-electron chi connectivity index (χ2n) is 18.3. The summed E-state index contributed by atoms with van der Waals surface area (Å²) in [6.07, 6.45) is -9.96. The number of rotatable bonds is 10. The van der Waals surface area contributed by atoms with E-state index in [0.29, 0.717) is 6.42 Å². The molecule has 0 aromatic heterocycles. The summed E-state index contributed by atoms with van der Waals surface area (Å²) < 4.78 is 49.8. The third kappa shape index (κ3) is 13.1. The molecular weight excluding hydrogens is 812 g/mol. The molecule has 0 aliphatic carbocycles. The van der Waals surface area contributed by atoms with Gasteiger partial charge in [-0.2, -0.15) is 0 Å². The van der Waals surface area contributed by atoms with Crippen molar-refractivity contribution in [3.8, 4) is 0 Å². The van der Waals surface area contributed by atoms with Crippen LogP contribution in [0, 0.1) is 23.7 Å². The first-order chi connectivity index (χ1) is 28.1. The van der Waals surface area contributed by atoms with Crippen LogP contribution in [-0.4, -0.2) is 155 Å². The van der Waals surface area contributed by atoms with Crippen molar-refractivity contribution in [1.29, 1.82) is 0 Å². The second kappa shape index (κ2) is 22.4. The van der Waals surface area contributed by atoms with Crippen molar-refractivity contribution >= 4 is 29.6 Å². The zero-order valence-corrected chi connectivity index (χ0v) is 39.0. The fourth-order valence-corrected chi connectivity index (χ4v) is 9.40. The van der Waals surface area contributed by atoms with Gasteiger partial charge in [0, 0.05) is 52.1 Å². The molecule has 0 amide bonds. The standard InChI is InChI=1S/C43H74N2O16.CH4/c1-17-31-43(13,52)36(49)23(4)33(44-61-29(10)48)21(2)19-41(11,51)37(60-40-35(56-27(8)46)30(45(14)15)18-22(3)54-40)24(5)34(25(6)39(50)58-31)59-32-20-42(12,53-16)38(26(7)55-32)57-28(9)47;/h21-26,30-32,34-38,40,49,51-52H,17-20H2,1-16H3;1H4/t21-,22-,23+,24+,25-,26+,30+,31-,32+,34+,35-,36-,37-,38+,40+,41-,42-,43-;/m1./s1. The largest absolute Gasteiger partial charge is 0.459 e. The number of aliphatic hydroxyl groups excluding tert-OH is 1. The molecule has 0 radical (unpaired) electrons. The van der Waals surface area contributed by atoms with Gasteiger partial charge in [0.15, 0.2) is 24.8 Å². The first-order valence-corrected chi connectivity index (χ1v) is 21.4. The molecule has 3 saturated heterocycles. The Balaban J connectivity index is 0.0000132. The molecule has 3 rings (SSSR count). The number of methoxy groups -OCH3 is 1. The van der Waals surface area contributed by atoms with E-state index in [-0.39, 0.29) is 44.5 Å². The summed E-state index contributed by atoms with van der Waals surface area (Å²) in [5.41, 5.74) is -4.88. The Hall–Kier alpha value is -2.81. The van der Waals surface area contributed by atoms with E-state index in [0.717, 1.165) is 0 Å². The quantitative estimate of drug-likeness (QED) is 0.122. The average Bonchev–Trinajstić information content (AvgIpc) is 3.15. The number of carbonyl (C=O) groups excluding carboxylic acids is 4. The van der Waals surface area contributed by atoms with Crippen molar-refractivity contribution in [2.24, 2.45) is 28.8 Å². The van der Waals surface area contributed by atoms with Crippen molar-refractivity contribution in [2.75, 3.05) is 21.2 Å². The molecule has 360 valence electrons. The Morgan fingerprint density at radius 1 is 0.855 bits per heavy atom. The lowest BCUT2D eigenvalue weighted by molar-refractivity contribution is -0.319. The summed E-state index contributed by atoms with van der Waals surface area (Å²) in [7, 11) is 5.18. The van der Waals surface area contributed by atoms with Crippen LogP contribution in [0.15, 0.2) is 5.16 Å². The van der Waals surface area contributed by atoms with Gasteiger partial charge in [-0.3, -0.25) is 14.4 Å². The lowest BCUT2D eigenvalue weighted by Gasteiger charge is -2.49. The smallest absolute Gasteiger partial charge is 0.331 e. The minimum absolute atomic E-state index is 0. The van der Waals surface area contributed by atoms with Gasteiger partial charge in [-0.25, -0.2) is 4.79 Å². The Morgan fingerprint density at radius 3 is 1.97 bits per heavy atom. The fraction of sp³-hybridized carbons (Fsp3) is 0.886. The molecule has 3 fully saturated rings. The number of hydrogen-bond donors (Lipinski definition) is 3. The Kier molecular flexibility index (Phi) is 20.0. The molecule has 62 heavy (non-hydrogen) atoms. The monoisotopic (exact) mass is 891 g/mol. The molecule has 0 unspecified atom stereocenters. The highest BCUT2D eigenvalue weighted by molar-refractivity contribution is 5.89. The molecule has 3 aliphatic rings. The van der Waals surface area contributed by atoms with Gasteiger partial charge >= 0.3 is 23.9 Å². The summed E-state index contributed by atoms with van der Waals surface area (Å²) in [5, 5.41) is 40.7. The van der Waals surface area contributed by atoms with Crippen LogP contribution in [0.4, 0.5) is 0 Å². The van der Waals surface area contributed by atoms with Crippen LogP contribution in [-0.2, 0) is 61.9 Å². The maximum Gasteiger partial charge on any atom is 0.331 e. The molecule has 0 spiro atoms. The van der Waals surface area contributed by atoms with Crippen LogP contribution in [0.3, 0.4) is 0 Å². The predicted molar refractivity (Wildman–Crippen MR) is 226 cm³/mol. The van der Waals surface area contributed by atoms with E-state index in [4.69, 9.17) is 42.7 Å². The number of hydrogen-bond acceptors (Lipinski definition) is 18. The Labute approximate surface area is 368 Å². The van der Waals surface area contributed by atoms with Gasteiger partial charge in [-0.1, -0.05) is 40.3 Å². The van der Waals surface area contributed by atoms with Gasteiger partial charge in [0.1, 0.15) is 17.3 Å². The Morgan fingerprint density at radius 2 is 1.45 bits per heavy atom. The molecule has 18 nitrogen and oxygen atoms in total. The molecule has 3 aliphatic heterocycles. The Bertz CT molecular complexity index is 1540. The predicted octanol–water partition coefficient (Wildman–Crippen LogP) is 3.91. The van der Waals surface area contributed by atoms with Crippen molar-refractivity contribution in [3.63, 3.8) is 0 Å². The van der Waals surface area contributed by atoms with E-state index >= 15 is 0 Å². The lowest BCUT2D eigenvalue weighted by atomic mass is 9.73. The first kappa shape index (κ1) is 55.3. The summed E-state index contributed by atoms with van der Waals surface area (Å²) in [5.74, 6) is -6.44. The van der Waals surface area contributed by atoms with Crippen LogP contribution in [0.25, 0.3) is 0 Å². The minimum atomic E-state index is -2.04. The molecular formula is C44H78N2O16. The van der Waals surface area contributed by atoms with Gasteiger partial charge in [-0.15, -0.1) is 0 Å². The van der Waals surface area contributed by atoms with Gasteiger partial charge in [-0.05, 0) is 74.9 Å². The van der Waals surface area contributed by atoms with Crippen LogP contribution >= 0.6 is 0 Å². The molecule has 18 heteroatoms. The number of likely N-dealkylation sites (N-methyl/N-ethyl adjacent to an activating group) is 1. The van der Waals surface area contributed by atoms with Gasteiger partial charge in [0.25, 0.3) is 0 Å². The third-order valence-electron chi connectivity index (χ3n) is 12.7. The van der Waals surface area contributed by atoms with Crippen LogP contribution in [0.2, 0.25) is 0 Å². The minimum Gasteiger partial charge on any atom is -0.459 e. The zero-order valence-electron chi connectivity index (χ0n) is 39.0. The maximum absolute atomic E-state index is 14.4. The fourth-order valence-electron chi connectivity index (χ4n) is 9.40. The lowest BCUT2D eigenvalue weighted by Crippen LogP contribution is -2.62. The van der Waals surface area contributed by atoms with E-state index in [2.05, 4.69) is 5.16 Å². The number of ether oxygens (including phenoxy) is 8. The highest BCUT2D eigenvalue weighted by atomic mass is 16.7. The van der Waals surface area contributed by atoms with E-state index in [1.807, 2.05) is 25.9 Å². The third-order valence-corrected chi connectivity index (χ3v) is 12.7. The van der Waals surface area contributed by atoms with E-state index < -0.39 is 120 Å². The maximum atomic E-state index is 14.4. The first-order valence-electron chi connectivity index (χ1n) is 21.4. The molecule has 0 bridgehead atoms. The topological polar surface area (TPSA) is 228 Å². The normalized spacial score (nSPS) is 43.1. The highest BCUT2D eigenvalue weighted by Crippen LogP contribution is 2.42. The van der Waals surface area contributed by atoms with Crippen LogP contribution in [0.5, 0.6) is 0 Å². The zero-order chi connectivity index (χ0) is 46.5. The van der Waals surface area contributed by atoms with Crippen molar-refractivity contribution < 1.29 is 77.2 Å². The molecule has 0 aromatic carbocycles. The molecule has 3 heterocycles. The number of oxime groups is 1. The van der Waals surface area contributed by atoms with Crippen LogP contribution < -0.4 is 0 Å². The van der Waals surface area contributed by atoms with Gasteiger partial charge in [0.05, 0.1) is 53.8 Å². The molecule has 18 atom stereocenters. The molecule has 0 saturated carbocycles. The van der Waals surface area contributed by atoms with Crippen molar-refractivity contribution in [1.82, 2.24) is 4.90 Å². The van der Waals surface area contributed by atoms with Crippen molar-refractivity contribution in [3.05, 3.63) is 0 Å². The summed E-state index contributed by atoms with van der Waals surface area (Å²) >= 11 is 0. The van der Waals surface area contributed by atoms with E-state index in [1.54, 1.807) is 48.5 Å². The van der Waals surface area contributed by atoms with Gasteiger partial charge in [0.2, 0.25) is 0 Å². The number of cyclic esters (lactones) is 1. The summed E-state index contributed by atoms with van der Waals surface area (Å²) in [6, 6.07) is -0.353. The highest BCUT2D eigenvalue weighted by Gasteiger charge is 2.54. The number of carbonyl (C=O) groups is 4. The van der Waals surface area contributed by atoms with E-state index in [9.17, 15) is 34.5 Å². The van der Waals surface area contributed by atoms with E-state index in [1.165, 1.54) is 41.7 Å². The van der Waals surface area contributed by atoms with Gasteiger partial charge < -0.3 is 63.0 Å². The van der Waals surface area contributed by atoms with Crippen molar-refractivity contribution in [2.45, 2.75) is 207 Å².